The molecule has 0 fully saturated rings. The third kappa shape index (κ3) is 1.40. The van der Waals surface area contributed by atoms with Crippen LogP contribution < -0.4 is 0 Å². The second-order valence-electron chi connectivity index (χ2n) is 3.97. The van der Waals surface area contributed by atoms with Crippen LogP contribution in [-0.4, -0.2) is 14.6 Å². The zero-order chi connectivity index (χ0) is 11.2. The first-order valence-corrected chi connectivity index (χ1v) is 5.46. The quantitative estimate of drug-likeness (QED) is 0.330. The van der Waals surface area contributed by atoms with Gasteiger partial charge < -0.3 is 0 Å². The largest absolute Gasteiger partial charge is 0.238 e. The fourth-order valence-electron chi connectivity index (χ4n) is 2.32. The van der Waals surface area contributed by atoms with E-state index >= 15 is 0 Å². The Morgan fingerprint density at radius 1 is 0.944 bits per heavy atom. The fourth-order valence-corrected chi connectivity index (χ4v) is 2.32. The van der Waals surface area contributed by atoms with Crippen LogP contribution in [0.3, 0.4) is 0 Å². The SMILES string of the molecule is [Ir].[c-]1cccc2c3ccccc3c3ncnn3c12. The van der Waals surface area contributed by atoms with Crippen LogP contribution in [0.2, 0.25) is 0 Å². The van der Waals surface area contributed by atoms with Crippen molar-refractivity contribution in [3.8, 4) is 0 Å². The van der Waals surface area contributed by atoms with Gasteiger partial charge in [-0.15, -0.1) is 5.39 Å². The van der Waals surface area contributed by atoms with Gasteiger partial charge in [0.15, 0.2) is 5.65 Å². The number of pyridine rings is 1. The van der Waals surface area contributed by atoms with Crippen molar-refractivity contribution in [3.05, 3.63) is 54.9 Å². The Bertz CT molecular complexity index is 781. The molecular formula is C14H8IrN3-. The van der Waals surface area contributed by atoms with Crippen molar-refractivity contribution in [3.63, 3.8) is 0 Å². The van der Waals surface area contributed by atoms with Crippen molar-refractivity contribution in [2.75, 3.05) is 0 Å². The maximum absolute atomic E-state index is 4.33. The van der Waals surface area contributed by atoms with Gasteiger partial charge in [0.2, 0.25) is 0 Å². The molecule has 4 rings (SSSR count). The van der Waals surface area contributed by atoms with Gasteiger partial charge in [0.1, 0.15) is 6.33 Å². The predicted molar refractivity (Wildman–Crippen MR) is 66.8 cm³/mol. The molecule has 4 aromatic rings. The molecule has 0 unspecified atom stereocenters. The Morgan fingerprint density at radius 2 is 1.72 bits per heavy atom. The molecule has 2 aromatic carbocycles. The molecule has 3 nitrogen and oxygen atoms in total. The van der Waals surface area contributed by atoms with E-state index in [1.807, 2.05) is 28.8 Å². The molecule has 0 N–H and O–H groups in total. The molecule has 2 heterocycles. The number of nitrogens with zero attached hydrogens (tertiary/aromatic N) is 3. The molecule has 0 aliphatic carbocycles. The van der Waals surface area contributed by atoms with E-state index in [0.717, 1.165) is 21.9 Å². The first-order valence-electron chi connectivity index (χ1n) is 5.46. The van der Waals surface area contributed by atoms with Crippen LogP contribution in [0.4, 0.5) is 0 Å². The molecule has 0 saturated carbocycles. The average Bonchev–Trinajstić information content (AvgIpc) is 2.89. The van der Waals surface area contributed by atoms with Gasteiger partial charge in [-0.25, -0.2) is 9.50 Å². The van der Waals surface area contributed by atoms with E-state index in [1.54, 1.807) is 6.33 Å². The van der Waals surface area contributed by atoms with Crippen LogP contribution in [0.1, 0.15) is 0 Å². The molecule has 18 heavy (non-hydrogen) atoms. The van der Waals surface area contributed by atoms with Crippen molar-refractivity contribution in [1.82, 2.24) is 14.6 Å². The minimum Gasteiger partial charge on any atom is -0.238 e. The number of para-hydroxylation sites is 1. The van der Waals surface area contributed by atoms with Crippen LogP contribution >= 0.6 is 0 Å². The first-order chi connectivity index (χ1) is 8.45. The Balaban J connectivity index is 0.000001000. The average molecular weight is 410 g/mol. The second kappa shape index (κ2) is 4.16. The van der Waals surface area contributed by atoms with E-state index in [0.29, 0.717) is 0 Å². The molecule has 1 radical (unpaired) electrons. The van der Waals surface area contributed by atoms with Gasteiger partial charge in [0, 0.05) is 25.5 Å². The van der Waals surface area contributed by atoms with E-state index in [2.05, 4.69) is 34.3 Å². The normalized spacial score (nSPS) is 10.9. The van der Waals surface area contributed by atoms with E-state index < -0.39 is 0 Å². The molecular weight excluding hydrogens is 402 g/mol. The summed E-state index contributed by atoms with van der Waals surface area (Å²) >= 11 is 0. The summed E-state index contributed by atoms with van der Waals surface area (Å²) in [5.74, 6) is 0. The Labute approximate surface area is 117 Å². The maximum atomic E-state index is 4.33. The molecule has 0 spiro atoms. The maximum Gasteiger partial charge on any atom is 0.160 e. The molecule has 0 aliphatic rings. The summed E-state index contributed by atoms with van der Waals surface area (Å²) < 4.78 is 1.84. The number of fused-ring (bicyclic) bond motifs is 6. The van der Waals surface area contributed by atoms with Gasteiger partial charge in [-0.1, -0.05) is 29.7 Å². The summed E-state index contributed by atoms with van der Waals surface area (Å²) in [4.78, 5) is 4.33. The van der Waals surface area contributed by atoms with E-state index in [9.17, 15) is 0 Å². The van der Waals surface area contributed by atoms with Crippen molar-refractivity contribution >= 4 is 27.3 Å². The Morgan fingerprint density at radius 3 is 2.61 bits per heavy atom. The number of aromatic nitrogens is 3. The van der Waals surface area contributed by atoms with E-state index in [1.165, 1.54) is 5.39 Å². The van der Waals surface area contributed by atoms with Gasteiger partial charge in [-0.3, -0.25) is 0 Å². The molecule has 0 aliphatic heterocycles. The van der Waals surface area contributed by atoms with Crippen LogP contribution in [0.15, 0.2) is 48.8 Å². The molecule has 2 aromatic heterocycles. The minimum absolute atomic E-state index is 0. The third-order valence-electron chi connectivity index (χ3n) is 3.05. The Hall–Kier alpha value is -1.77. The number of hydrogen-bond donors (Lipinski definition) is 0. The van der Waals surface area contributed by atoms with Crippen LogP contribution in [-0.2, 0) is 20.1 Å². The number of hydrogen-bond acceptors (Lipinski definition) is 2. The second-order valence-corrected chi connectivity index (χ2v) is 3.97. The molecule has 0 bridgehead atoms. The van der Waals surface area contributed by atoms with Crippen LogP contribution in [0, 0.1) is 6.07 Å². The van der Waals surface area contributed by atoms with Crippen molar-refractivity contribution in [2.45, 2.75) is 0 Å². The monoisotopic (exact) mass is 411 g/mol. The summed E-state index contributed by atoms with van der Waals surface area (Å²) in [6.45, 7) is 0. The Kier molecular flexibility index (Phi) is 2.62. The topological polar surface area (TPSA) is 30.2 Å². The minimum atomic E-state index is 0. The molecule has 0 atom stereocenters. The van der Waals surface area contributed by atoms with Crippen molar-refractivity contribution < 1.29 is 20.1 Å². The fraction of sp³-hybridized carbons (Fsp3) is 0. The van der Waals surface area contributed by atoms with Gasteiger partial charge >= 0.3 is 0 Å². The zero-order valence-corrected chi connectivity index (χ0v) is 11.7. The summed E-state index contributed by atoms with van der Waals surface area (Å²) in [5.41, 5.74) is 1.86. The molecule has 4 heteroatoms. The van der Waals surface area contributed by atoms with Crippen molar-refractivity contribution in [1.29, 1.82) is 0 Å². The van der Waals surface area contributed by atoms with Gasteiger partial charge in [0.25, 0.3) is 0 Å². The summed E-state index contributed by atoms with van der Waals surface area (Å²) in [5, 5.41) is 7.74. The summed E-state index contributed by atoms with van der Waals surface area (Å²) in [7, 11) is 0. The zero-order valence-electron chi connectivity index (χ0n) is 9.29. The molecule has 0 saturated heterocycles. The van der Waals surface area contributed by atoms with Gasteiger partial charge in [0.05, 0.1) is 0 Å². The van der Waals surface area contributed by atoms with Gasteiger partial charge in [-0.2, -0.15) is 29.4 Å². The molecule has 0 amide bonds. The summed E-state index contributed by atoms with van der Waals surface area (Å²) in [6, 6.07) is 17.5. The third-order valence-corrected chi connectivity index (χ3v) is 3.05. The number of rotatable bonds is 0. The smallest absolute Gasteiger partial charge is 0.160 e. The first kappa shape index (κ1) is 11.3. The predicted octanol–water partition coefficient (Wildman–Crippen LogP) is 2.83. The van der Waals surface area contributed by atoms with E-state index in [-0.39, 0.29) is 20.1 Å². The molecule has 89 valence electrons. The van der Waals surface area contributed by atoms with Crippen LogP contribution in [0.5, 0.6) is 0 Å². The summed E-state index contributed by atoms with van der Waals surface area (Å²) in [6.07, 6.45) is 1.59. The number of benzene rings is 2. The van der Waals surface area contributed by atoms with E-state index in [4.69, 9.17) is 0 Å². The standard InChI is InChI=1S/C14H8N3.Ir/c1-2-7-12-10(5-1)11-6-3-4-8-13(11)17-14(12)15-9-16-17;/h1-7,9H;/q-1;. The van der Waals surface area contributed by atoms with Crippen LogP contribution in [0.25, 0.3) is 27.3 Å². The van der Waals surface area contributed by atoms with Crippen molar-refractivity contribution in [2.24, 2.45) is 0 Å². The van der Waals surface area contributed by atoms with Gasteiger partial charge in [-0.05, 0) is 5.52 Å².